The van der Waals surface area contributed by atoms with Crippen LogP contribution in [0.3, 0.4) is 0 Å². The predicted molar refractivity (Wildman–Crippen MR) is 115 cm³/mol. The minimum atomic E-state index is -3.57. The smallest absolute Gasteiger partial charge is 0.322 e. The number of benzene rings is 1. The highest BCUT2D eigenvalue weighted by molar-refractivity contribution is 7.98. The van der Waals surface area contributed by atoms with Gasteiger partial charge in [-0.3, -0.25) is 10.1 Å². The summed E-state index contributed by atoms with van der Waals surface area (Å²) in [5.41, 5.74) is 0. The van der Waals surface area contributed by atoms with Crippen molar-refractivity contribution in [3.8, 4) is 0 Å². The van der Waals surface area contributed by atoms with Crippen molar-refractivity contribution in [3.05, 3.63) is 53.7 Å². The highest BCUT2D eigenvalue weighted by atomic mass is 32.2. The van der Waals surface area contributed by atoms with Gasteiger partial charge in [0.1, 0.15) is 4.21 Å². The molecule has 2 aromatic heterocycles. The molecule has 0 unspecified atom stereocenters. The number of carbonyl (C=O) groups excluding carboxylic acids is 1. The lowest BCUT2D eigenvalue weighted by molar-refractivity contribution is -0.121. The maximum Gasteiger partial charge on any atom is 0.322 e. The number of thiophene rings is 1. The van der Waals surface area contributed by atoms with Gasteiger partial charge in [-0.2, -0.15) is 4.31 Å². The summed E-state index contributed by atoms with van der Waals surface area (Å²) in [6, 6.07) is 13.1. The summed E-state index contributed by atoms with van der Waals surface area (Å²) in [5.74, 6) is 0.114. The molecule has 1 amide bonds. The minimum absolute atomic E-state index is 0.0295. The number of sulfonamides is 1. The van der Waals surface area contributed by atoms with Gasteiger partial charge in [0.25, 0.3) is 10.0 Å². The average Bonchev–Trinajstić information content (AvgIpc) is 3.46. The summed E-state index contributed by atoms with van der Waals surface area (Å²) in [7, 11) is -3.57. The van der Waals surface area contributed by atoms with Crippen LogP contribution in [-0.4, -0.2) is 41.9 Å². The van der Waals surface area contributed by atoms with Crippen LogP contribution in [0.2, 0.25) is 0 Å². The topological polar surface area (TPSA) is 105 Å². The molecule has 11 heteroatoms. The Hall–Kier alpha value is -2.21. The second-order valence-corrected chi connectivity index (χ2v) is 10.9. The quantitative estimate of drug-likeness (QED) is 0.534. The van der Waals surface area contributed by atoms with Gasteiger partial charge in [0.2, 0.25) is 11.8 Å². The maximum atomic E-state index is 12.7. The van der Waals surface area contributed by atoms with Crippen molar-refractivity contribution >= 4 is 45.0 Å². The number of aromatic nitrogens is 2. The van der Waals surface area contributed by atoms with E-state index >= 15 is 0 Å². The summed E-state index contributed by atoms with van der Waals surface area (Å²) in [5, 5.41) is 12.2. The van der Waals surface area contributed by atoms with Gasteiger partial charge in [0.05, 0.1) is 11.7 Å². The predicted octanol–water partition coefficient (Wildman–Crippen LogP) is 3.46. The van der Waals surface area contributed by atoms with Crippen LogP contribution in [0.1, 0.15) is 18.7 Å². The average molecular weight is 465 g/mol. The molecule has 0 aliphatic carbocycles. The molecule has 30 heavy (non-hydrogen) atoms. The van der Waals surface area contributed by atoms with Crippen molar-refractivity contribution in [2.45, 2.75) is 27.7 Å². The first-order valence-electron chi connectivity index (χ1n) is 9.37. The summed E-state index contributed by atoms with van der Waals surface area (Å²) in [6.45, 7) is 0.544. The van der Waals surface area contributed by atoms with Crippen LogP contribution in [0.4, 0.5) is 6.01 Å². The van der Waals surface area contributed by atoms with E-state index in [1.54, 1.807) is 29.3 Å². The fourth-order valence-corrected chi connectivity index (χ4v) is 6.57. The molecule has 1 N–H and O–H groups in total. The van der Waals surface area contributed by atoms with Gasteiger partial charge in [0.15, 0.2) is 0 Å². The van der Waals surface area contributed by atoms with E-state index < -0.39 is 15.9 Å². The fourth-order valence-electron chi connectivity index (χ4n) is 3.14. The molecule has 0 bridgehead atoms. The number of amides is 1. The second kappa shape index (κ2) is 9.29. The Balaban J connectivity index is 1.34. The van der Waals surface area contributed by atoms with Crippen LogP contribution in [0.5, 0.6) is 0 Å². The van der Waals surface area contributed by atoms with Gasteiger partial charge >= 0.3 is 6.01 Å². The lowest BCUT2D eigenvalue weighted by atomic mass is 9.99. The number of thioether (sulfide) groups is 1. The lowest BCUT2D eigenvalue weighted by Gasteiger charge is -2.30. The molecule has 1 aliphatic heterocycles. The van der Waals surface area contributed by atoms with Crippen LogP contribution < -0.4 is 5.32 Å². The number of rotatable bonds is 7. The molecule has 1 aromatic carbocycles. The van der Waals surface area contributed by atoms with Gasteiger partial charge < -0.3 is 4.42 Å². The highest BCUT2D eigenvalue weighted by Gasteiger charge is 2.34. The van der Waals surface area contributed by atoms with Crippen molar-refractivity contribution in [2.75, 3.05) is 18.4 Å². The summed E-state index contributed by atoms with van der Waals surface area (Å²) < 4.78 is 32.6. The van der Waals surface area contributed by atoms with Crippen LogP contribution in [0.25, 0.3) is 0 Å². The van der Waals surface area contributed by atoms with E-state index in [-0.39, 0.29) is 18.5 Å². The molecule has 0 saturated carbocycles. The molecule has 8 nitrogen and oxygen atoms in total. The van der Waals surface area contributed by atoms with Crippen molar-refractivity contribution in [3.63, 3.8) is 0 Å². The number of hydrogen-bond donors (Lipinski definition) is 1. The number of nitrogens with zero attached hydrogens (tertiary/aromatic N) is 3. The van der Waals surface area contributed by atoms with E-state index in [4.69, 9.17) is 4.42 Å². The summed E-state index contributed by atoms with van der Waals surface area (Å²) in [6.07, 6.45) is 1.22. The number of piperidine rings is 1. The van der Waals surface area contributed by atoms with Crippen LogP contribution in [0, 0.1) is 5.92 Å². The standard InChI is InChI=1S/C19H20N4O4S3/c24-18(14-6-4-10-23(12-14)30(25,26)17-9-5-11-28-17)20-19-22-21-16(27-19)13-29-15-7-2-1-3-8-15/h1-3,5,7-9,11,14H,4,6,10,12-13H2,(H,20,22,24)/t14-/m1/s1. The monoisotopic (exact) mass is 464 g/mol. The zero-order valence-corrected chi connectivity index (χ0v) is 18.4. The Bertz CT molecular complexity index is 1080. The SMILES string of the molecule is O=C(Nc1nnc(CSc2ccccc2)o1)[C@@H]1CCCN(S(=O)(=O)c2cccs2)C1. The number of carbonyl (C=O) groups is 1. The van der Waals surface area contributed by atoms with E-state index in [9.17, 15) is 13.2 Å². The van der Waals surface area contributed by atoms with Crippen molar-refractivity contribution in [2.24, 2.45) is 5.92 Å². The first-order valence-corrected chi connectivity index (χ1v) is 12.7. The Morgan fingerprint density at radius 3 is 2.83 bits per heavy atom. The zero-order valence-electron chi connectivity index (χ0n) is 15.9. The van der Waals surface area contributed by atoms with Crippen LogP contribution in [0.15, 0.2) is 61.4 Å². The molecule has 0 spiro atoms. The molecule has 1 fully saturated rings. The van der Waals surface area contributed by atoms with Gasteiger partial charge in [-0.25, -0.2) is 8.42 Å². The van der Waals surface area contributed by atoms with Gasteiger partial charge in [-0.1, -0.05) is 29.4 Å². The maximum absolute atomic E-state index is 12.7. The van der Waals surface area contributed by atoms with E-state index in [0.29, 0.717) is 35.2 Å². The van der Waals surface area contributed by atoms with Gasteiger partial charge in [-0.15, -0.1) is 28.2 Å². The molecular weight excluding hydrogens is 444 g/mol. The normalized spacial score (nSPS) is 17.7. The van der Waals surface area contributed by atoms with Crippen molar-refractivity contribution in [1.29, 1.82) is 0 Å². The summed E-state index contributed by atoms with van der Waals surface area (Å²) >= 11 is 2.73. The molecule has 1 aliphatic rings. The molecule has 158 valence electrons. The molecule has 0 radical (unpaired) electrons. The number of hydrogen-bond acceptors (Lipinski definition) is 8. The highest BCUT2D eigenvalue weighted by Crippen LogP contribution is 2.27. The Morgan fingerprint density at radius 1 is 1.23 bits per heavy atom. The third-order valence-electron chi connectivity index (χ3n) is 4.65. The van der Waals surface area contributed by atoms with E-state index in [0.717, 1.165) is 4.90 Å². The van der Waals surface area contributed by atoms with Crippen LogP contribution in [-0.2, 0) is 20.6 Å². The fraction of sp³-hybridized carbons (Fsp3) is 0.316. The third-order valence-corrected chi connectivity index (χ3v) is 8.88. The van der Waals surface area contributed by atoms with E-state index in [1.165, 1.54) is 15.6 Å². The molecule has 3 heterocycles. The van der Waals surface area contributed by atoms with E-state index in [1.807, 2.05) is 30.3 Å². The first-order chi connectivity index (χ1) is 14.5. The van der Waals surface area contributed by atoms with Crippen molar-refractivity contribution in [1.82, 2.24) is 14.5 Å². The zero-order chi connectivity index (χ0) is 21.0. The lowest BCUT2D eigenvalue weighted by Crippen LogP contribution is -2.43. The van der Waals surface area contributed by atoms with E-state index in [2.05, 4.69) is 15.5 Å². The first kappa shape index (κ1) is 21.0. The van der Waals surface area contributed by atoms with Gasteiger partial charge in [-0.05, 0) is 36.4 Å². The number of anilines is 1. The Morgan fingerprint density at radius 2 is 2.07 bits per heavy atom. The molecule has 4 rings (SSSR count). The Kier molecular flexibility index (Phi) is 6.52. The number of nitrogens with one attached hydrogen (secondary N) is 1. The largest absolute Gasteiger partial charge is 0.407 e. The molecular formula is C19H20N4O4S3. The minimum Gasteiger partial charge on any atom is -0.407 e. The third kappa shape index (κ3) is 4.91. The van der Waals surface area contributed by atoms with Crippen LogP contribution >= 0.6 is 23.1 Å². The second-order valence-electron chi connectivity index (χ2n) is 6.73. The molecule has 1 atom stereocenters. The molecule has 3 aromatic rings. The van der Waals surface area contributed by atoms with Gasteiger partial charge in [0, 0.05) is 18.0 Å². The Labute approximate surface area is 182 Å². The summed E-state index contributed by atoms with van der Waals surface area (Å²) in [4.78, 5) is 13.7. The van der Waals surface area contributed by atoms with Crippen molar-refractivity contribution < 1.29 is 17.6 Å². The molecule has 1 saturated heterocycles.